The van der Waals surface area contributed by atoms with E-state index in [1.807, 2.05) is 12.4 Å². The Kier molecular flexibility index (Phi) is 3.39. The summed E-state index contributed by atoms with van der Waals surface area (Å²) in [6.45, 7) is 2.64. The summed E-state index contributed by atoms with van der Waals surface area (Å²) in [7, 11) is 0. The maximum atomic E-state index is 5.08. The average Bonchev–Trinajstić information content (AvgIpc) is 2.47. The molecule has 0 aromatic carbocycles. The molecule has 4 N–H and O–H groups in total. The minimum atomic E-state index is 0.447. The highest BCUT2D eigenvalue weighted by Gasteiger charge is 2.00. The van der Waals surface area contributed by atoms with Gasteiger partial charge in [-0.1, -0.05) is 0 Å². The van der Waals surface area contributed by atoms with Crippen LogP contribution in [-0.2, 0) is 6.54 Å². The molecule has 0 radical (unpaired) electrons. The summed E-state index contributed by atoms with van der Waals surface area (Å²) in [5.74, 6) is 5.08. The number of hydrazine groups is 1. The zero-order valence-electron chi connectivity index (χ0n) is 6.63. The zero-order chi connectivity index (χ0) is 8.97. The molecule has 66 valence electrons. The first-order chi connectivity index (χ1) is 5.74. The van der Waals surface area contributed by atoms with Crippen molar-refractivity contribution in [3.05, 3.63) is 16.1 Å². The normalized spacial score (nSPS) is 9.50. The number of thiazole rings is 1. The van der Waals surface area contributed by atoms with Gasteiger partial charge in [0.2, 0.25) is 0 Å². The Morgan fingerprint density at radius 2 is 2.58 bits per heavy atom. The number of aromatic nitrogens is 1. The van der Waals surface area contributed by atoms with Gasteiger partial charge < -0.3 is 10.7 Å². The van der Waals surface area contributed by atoms with Crippen molar-refractivity contribution in [2.24, 2.45) is 5.84 Å². The summed E-state index contributed by atoms with van der Waals surface area (Å²) in [5.41, 5.74) is 5.20. The molecule has 0 unspecified atom stereocenters. The fourth-order valence-electron chi connectivity index (χ4n) is 0.707. The predicted molar refractivity (Wildman–Crippen MR) is 53.6 cm³/mol. The summed E-state index contributed by atoms with van der Waals surface area (Å²) in [6.07, 6.45) is 0. The van der Waals surface area contributed by atoms with E-state index in [-0.39, 0.29) is 0 Å². The zero-order valence-corrected chi connectivity index (χ0v) is 8.26. The molecule has 1 heterocycles. The van der Waals surface area contributed by atoms with Crippen LogP contribution in [0.1, 0.15) is 10.6 Å². The number of nitrogens with one attached hydrogen (secondary N) is 2. The maximum absolute atomic E-state index is 5.08. The Labute approximate surface area is 80.2 Å². The average molecular weight is 202 g/mol. The second-order valence-corrected chi connectivity index (χ2v) is 3.54. The third kappa shape index (κ3) is 2.40. The van der Waals surface area contributed by atoms with Gasteiger partial charge in [0, 0.05) is 4.88 Å². The number of thiocarbonyl (C=S) groups is 1. The van der Waals surface area contributed by atoms with Crippen LogP contribution in [0.2, 0.25) is 0 Å². The highest BCUT2D eigenvalue weighted by molar-refractivity contribution is 7.80. The number of hydrogen-bond donors (Lipinski definition) is 3. The summed E-state index contributed by atoms with van der Waals surface area (Å²) >= 11 is 6.41. The molecule has 0 aliphatic heterocycles. The van der Waals surface area contributed by atoms with Crippen molar-refractivity contribution >= 4 is 28.7 Å². The molecular formula is C6H10N4S2. The van der Waals surface area contributed by atoms with Gasteiger partial charge >= 0.3 is 0 Å². The van der Waals surface area contributed by atoms with E-state index in [4.69, 9.17) is 18.1 Å². The number of rotatable bonds is 2. The molecule has 6 heteroatoms. The standard InChI is InChI=1S/C6H10N4S2/c1-4-5(12-3-9-4)2-8-6(11)10-7/h3H,2,7H2,1H3,(H2,8,10,11). The third-order valence-electron chi connectivity index (χ3n) is 1.39. The van der Waals surface area contributed by atoms with Crippen molar-refractivity contribution in [1.82, 2.24) is 15.7 Å². The number of aryl methyl sites for hydroxylation is 1. The van der Waals surface area contributed by atoms with E-state index in [2.05, 4.69) is 15.7 Å². The number of nitrogens with two attached hydrogens (primary N) is 1. The molecule has 1 aromatic heterocycles. The maximum Gasteiger partial charge on any atom is 0.180 e. The molecule has 0 saturated heterocycles. The van der Waals surface area contributed by atoms with Crippen LogP contribution >= 0.6 is 23.6 Å². The molecule has 0 spiro atoms. The molecule has 0 aliphatic carbocycles. The Balaban J connectivity index is 2.43. The van der Waals surface area contributed by atoms with Crippen LogP contribution in [0.25, 0.3) is 0 Å². The first-order valence-electron chi connectivity index (χ1n) is 3.37. The Hall–Kier alpha value is -0.720. The van der Waals surface area contributed by atoms with Crippen molar-refractivity contribution in [2.75, 3.05) is 0 Å². The summed E-state index contributed by atoms with van der Waals surface area (Å²) in [5, 5.41) is 3.39. The van der Waals surface area contributed by atoms with Crippen LogP contribution in [0.3, 0.4) is 0 Å². The molecule has 0 fully saturated rings. The number of hydrogen-bond acceptors (Lipinski definition) is 4. The van der Waals surface area contributed by atoms with Gasteiger partial charge in [0.25, 0.3) is 0 Å². The lowest BCUT2D eigenvalue weighted by Crippen LogP contribution is -2.39. The molecule has 12 heavy (non-hydrogen) atoms. The summed E-state index contributed by atoms with van der Waals surface area (Å²) < 4.78 is 0. The van der Waals surface area contributed by atoms with Crippen molar-refractivity contribution in [2.45, 2.75) is 13.5 Å². The molecule has 0 bridgehead atoms. The lowest BCUT2D eigenvalue weighted by molar-refractivity contribution is 0.870. The summed E-state index contributed by atoms with van der Waals surface area (Å²) in [6, 6.07) is 0. The second-order valence-electron chi connectivity index (χ2n) is 2.19. The quantitative estimate of drug-likeness (QED) is 0.365. The second kappa shape index (κ2) is 4.34. The fourth-order valence-corrected chi connectivity index (χ4v) is 1.50. The van der Waals surface area contributed by atoms with Crippen LogP contribution in [0.15, 0.2) is 5.51 Å². The smallest absolute Gasteiger partial charge is 0.180 e. The molecule has 4 nitrogen and oxygen atoms in total. The fraction of sp³-hybridized carbons (Fsp3) is 0.333. The van der Waals surface area contributed by atoms with E-state index in [1.165, 1.54) is 4.88 Å². The SMILES string of the molecule is Cc1ncsc1CNC(=S)NN. The van der Waals surface area contributed by atoms with Gasteiger partial charge in [-0.3, -0.25) is 0 Å². The predicted octanol–water partition coefficient (Wildman–Crippen LogP) is 0.289. The van der Waals surface area contributed by atoms with Gasteiger partial charge in [0.05, 0.1) is 17.7 Å². The van der Waals surface area contributed by atoms with Crippen LogP contribution in [-0.4, -0.2) is 10.1 Å². The van der Waals surface area contributed by atoms with E-state index < -0.39 is 0 Å². The van der Waals surface area contributed by atoms with E-state index in [0.717, 1.165) is 5.69 Å². The molecule has 0 amide bonds. The van der Waals surface area contributed by atoms with Crippen LogP contribution < -0.4 is 16.6 Å². The molecule has 1 aromatic rings. The van der Waals surface area contributed by atoms with Gasteiger partial charge in [-0.2, -0.15) is 0 Å². The minimum absolute atomic E-state index is 0.447. The van der Waals surface area contributed by atoms with Crippen molar-refractivity contribution < 1.29 is 0 Å². The van der Waals surface area contributed by atoms with Gasteiger partial charge in [0.1, 0.15) is 0 Å². The van der Waals surface area contributed by atoms with Crippen molar-refractivity contribution in [3.63, 3.8) is 0 Å². The van der Waals surface area contributed by atoms with E-state index in [9.17, 15) is 0 Å². The van der Waals surface area contributed by atoms with Gasteiger partial charge in [0.15, 0.2) is 5.11 Å². The Bertz CT molecular complexity index is 270. The highest BCUT2D eigenvalue weighted by atomic mass is 32.1. The van der Waals surface area contributed by atoms with E-state index in [0.29, 0.717) is 11.7 Å². The monoisotopic (exact) mass is 202 g/mol. The summed E-state index contributed by atoms with van der Waals surface area (Å²) in [4.78, 5) is 5.28. The van der Waals surface area contributed by atoms with Crippen LogP contribution in [0, 0.1) is 6.92 Å². The lowest BCUT2D eigenvalue weighted by Gasteiger charge is -2.04. The lowest BCUT2D eigenvalue weighted by atomic mass is 10.4. The topological polar surface area (TPSA) is 63.0 Å². The highest BCUT2D eigenvalue weighted by Crippen LogP contribution is 2.10. The van der Waals surface area contributed by atoms with Crippen LogP contribution in [0.5, 0.6) is 0 Å². The van der Waals surface area contributed by atoms with Crippen molar-refractivity contribution in [3.8, 4) is 0 Å². The van der Waals surface area contributed by atoms with Crippen molar-refractivity contribution in [1.29, 1.82) is 0 Å². The number of nitrogens with zero attached hydrogens (tertiary/aromatic N) is 1. The first-order valence-corrected chi connectivity index (χ1v) is 4.66. The third-order valence-corrected chi connectivity index (χ3v) is 2.58. The first kappa shape index (κ1) is 9.37. The molecule has 0 saturated carbocycles. The molecular weight excluding hydrogens is 192 g/mol. The Morgan fingerprint density at radius 3 is 3.08 bits per heavy atom. The molecule has 0 aliphatic rings. The van der Waals surface area contributed by atoms with Gasteiger partial charge in [-0.05, 0) is 19.1 Å². The van der Waals surface area contributed by atoms with E-state index >= 15 is 0 Å². The minimum Gasteiger partial charge on any atom is -0.357 e. The van der Waals surface area contributed by atoms with Gasteiger partial charge in [-0.15, -0.1) is 11.3 Å². The molecule has 0 atom stereocenters. The van der Waals surface area contributed by atoms with Crippen LogP contribution in [0.4, 0.5) is 0 Å². The molecule has 1 rings (SSSR count). The largest absolute Gasteiger partial charge is 0.357 e. The van der Waals surface area contributed by atoms with Gasteiger partial charge in [-0.25, -0.2) is 10.8 Å². The Morgan fingerprint density at radius 1 is 1.83 bits per heavy atom. The van der Waals surface area contributed by atoms with E-state index in [1.54, 1.807) is 11.3 Å².